The second kappa shape index (κ2) is 7.61. The first kappa shape index (κ1) is 15.3. The maximum atomic E-state index is 4.97. The Bertz CT molecular complexity index is 624. The molecule has 0 aliphatic carbocycles. The van der Waals surface area contributed by atoms with E-state index in [2.05, 4.69) is 58.7 Å². The van der Waals surface area contributed by atoms with E-state index < -0.39 is 0 Å². The van der Waals surface area contributed by atoms with Crippen molar-refractivity contribution in [2.75, 3.05) is 25.9 Å². The molecule has 1 aliphatic heterocycles. The van der Waals surface area contributed by atoms with E-state index in [1.165, 1.54) is 11.1 Å². The van der Waals surface area contributed by atoms with Gasteiger partial charge in [0.15, 0.2) is 5.03 Å². The summed E-state index contributed by atoms with van der Waals surface area (Å²) in [6, 6.07) is 10.6. The van der Waals surface area contributed by atoms with Crippen LogP contribution in [0.5, 0.6) is 0 Å². The summed E-state index contributed by atoms with van der Waals surface area (Å²) in [6.45, 7) is 2.03. The van der Waals surface area contributed by atoms with E-state index in [0.717, 1.165) is 48.8 Å². The van der Waals surface area contributed by atoms with Crippen LogP contribution in [0.25, 0.3) is 5.57 Å². The predicted molar refractivity (Wildman–Crippen MR) is 89.9 cm³/mol. The smallest absolute Gasteiger partial charge is 0.168 e. The Labute approximate surface area is 135 Å². The third kappa shape index (κ3) is 3.99. The van der Waals surface area contributed by atoms with Crippen molar-refractivity contribution in [3.8, 4) is 0 Å². The standard InChI is InChI=1S/C17H21N3OS/c1-20-11-5-10-15(13-20)16-17(19-21-18-16)22-12-6-9-14-7-3-2-4-8-14/h2-4,7-8,10H,5-6,9,11-13H2,1H3. The van der Waals surface area contributed by atoms with Gasteiger partial charge in [-0.25, -0.2) is 4.63 Å². The number of likely N-dealkylation sites (N-methyl/N-ethyl adjacent to an activating group) is 1. The number of benzene rings is 1. The molecule has 2 aromatic rings. The first-order chi connectivity index (χ1) is 10.8. The summed E-state index contributed by atoms with van der Waals surface area (Å²) in [5.41, 5.74) is 3.55. The molecule has 2 heterocycles. The average Bonchev–Trinajstić information content (AvgIpc) is 3.01. The highest BCUT2D eigenvalue weighted by Gasteiger charge is 2.18. The molecule has 1 aliphatic rings. The highest BCUT2D eigenvalue weighted by atomic mass is 32.2. The van der Waals surface area contributed by atoms with Crippen LogP contribution in [0.4, 0.5) is 0 Å². The van der Waals surface area contributed by atoms with Gasteiger partial charge in [-0.1, -0.05) is 36.4 Å². The van der Waals surface area contributed by atoms with Gasteiger partial charge in [-0.3, -0.25) is 0 Å². The highest BCUT2D eigenvalue weighted by molar-refractivity contribution is 7.99. The summed E-state index contributed by atoms with van der Waals surface area (Å²) in [7, 11) is 2.13. The minimum atomic E-state index is 0.922. The number of hydrogen-bond acceptors (Lipinski definition) is 5. The van der Waals surface area contributed by atoms with Crippen LogP contribution in [0.3, 0.4) is 0 Å². The molecule has 0 bridgehead atoms. The molecule has 1 aromatic carbocycles. The van der Waals surface area contributed by atoms with Crippen LogP contribution in [0.1, 0.15) is 24.1 Å². The van der Waals surface area contributed by atoms with Gasteiger partial charge in [0.1, 0.15) is 5.69 Å². The summed E-state index contributed by atoms with van der Waals surface area (Å²) < 4.78 is 4.97. The van der Waals surface area contributed by atoms with Gasteiger partial charge in [-0.05, 0) is 47.8 Å². The molecule has 0 saturated heterocycles. The maximum absolute atomic E-state index is 4.97. The SMILES string of the molecule is CN1CCC=C(c2nonc2SCCCc2ccccc2)C1. The minimum absolute atomic E-state index is 0.922. The summed E-state index contributed by atoms with van der Waals surface area (Å²) >= 11 is 1.74. The first-order valence-corrected chi connectivity index (χ1v) is 8.69. The van der Waals surface area contributed by atoms with Crippen LogP contribution in [-0.4, -0.2) is 41.1 Å². The molecular weight excluding hydrogens is 294 g/mol. The van der Waals surface area contributed by atoms with Crippen LogP contribution < -0.4 is 0 Å². The van der Waals surface area contributed by atoms with Crippen molar-refractivity contribution in [2.45, 2.75) is 24.3 Å². The highest BCUT2D eigenvalue weighted by Crippen LogP contribution is 2.28. The van der Waals surface area contributed by atoms with Crippen molar-refractivity contribution >= 4 is 17.3 Å². The van der Waals surface area contributed by atoms with Gasteiger partial charge in [0.2, 0.25) is 0 Å². The van der Waals surface area contributed by atoms with Crippen molar-refractivity contribution in [2.24, 2.45) is 0 Å². The van der Waals surface area contributed by atoms with E-state index in [-0.39, 0.29) is 0 Å². The number of aryl methyl sites for hydroxylation is 1. The zero-order valence-corrected chi connectivity index (χ0v) is 13.7. The number of rotatable bonds is 6. The minimum Gasteiger partial charge on any atom is -0.302 e. The molecule has 0 amide bonds. The molecule has 3 rings (SSSR count). The second-order valence-electron chi connectivity index (χ2n) is 5.61. The molecule has 0 spiro atoms. The van der Waals surface area contributed by atoms with E-state index in [0.29, 0.717) is 0 Å². The fraction of sp³-hybridized carbons (Fsp3) is 0.412. The van der Waals surface area contributed by atoms with Crippen molar-refractivity contribution in [1.82, 2.24) is 15.2 Å². The molecule has 0 atom stereocenters. The Hall–Kier alpha value is -1.59. The van der Waals surface area contributed by atoms with Crippen LogP contribution in [0.2, 0.25) is 0 Å². The molecule has 4 nitrogen and oxygen atoms in total. The number of hydrogen-bond donors (Lipinski definition) is 0. The largest absolute Gasteiger partial charge is 0.302 e. The lowest BCUT2D eigenvalue weighted by molar-refractivity contribution is 0.297. The summed E-state index contributed by atoms with van der Waals surface area (Å²) in [6.07, 6.45) is 5.55. The number of thioether (sulfide) groups is 1. The Kier molecular flexibility index (Phi) is 5.29. The first-order valence-electron chi connectivity index (χ1n) is 7.70. The summed E-state index contributed by atoms with van der Waals surface area (Å²) in [5, 5.41) is 9.11. The second-order valence-corrected chi connectivity index (χ2v) is 6.70. The summed E-state index contributed by atoms with van der Waals surface area (Å²) in [5.74, 6) is 1.03. The zero-order chi connectivity index (χ0) is 15.2. The molecule has 1 aromatic heterocycles. The molecule has 0 fully saturated rings. The molecule has 0 radical (unpaired) electrons. The normalized spacial score (nSPS) is 15.8. The van der Waals surface area contributed by atoms with E-state index >= 15 is 0 Å². The topological polar surface area (TPSA) is 42.2 Å². The lowest BCUT2D eigenvalue weighted by atomic mass is 10.1. The van der Waals surface area contributed by atoms with Gasteiger partial charge in [0.25, 0.3) is 0 Å². The molecule has 22 heavy (non-hydrogen) atoms. The molecule has 0 unspecified atom stereocenters. The van der Waals surface area contributed by atoms with Gasteiger partial charge < -0.3 is 4.90 Å². The van der Waals surface area contributed by atoms with Crippen LogP contribution in [0.15, 0.2) is 46.1 Å². The third-order valence-electron chi connectivity index (χ3n) is 3.80. The van der Waals surface area contributed by atoms with Gasteiger partial charge in [0.05, 0.1) is 0 Å². The maximum Gasteiger partial charge on any atom is 0.168 e. The molecular formula is C17H21N3OS. The zero-order valence-electron chi connectivity index (χ0n) is 12.9. The lowest BCUT2D eigenvalue weighted by Crippen LogP contribution is -2.25. The molecule has 5 heteroatoms. The Morgan fingerprint density at radius 1 is 1.23 bits per heavy atom. The monoisotopic (exact) mass is 315 g/mol. The van der Waals surface area contributed by atoms with Crippen LogP contribution in [0, 0.1) is 0 Å². The molecule has 0 N–H and O–H groups in total. The van der Waals surface area contributed by atoms with Crippen LogP contribution in [-0.2, 0) is 6.42 Å². The Morgan fingerprint density at radius 3 is 2.91 bits per heavy atom. The lowest BCUT2D eigenvalue weighted by Gasteiger charge is -2.21. The van der Waals surface area contributed by atoms with E-state index in [9.17, 15) is 0 Å². The fourth-order valence-electron chi connectivity index (χ4n) is 2.63. The fourth-order valence-corrected chi connectivity index (χ4v) is 3.50. The third-order valence-corrected chi connectivity index (χ3v) is 4.83. The number of aromatic nitrogens is 2. The van der Waals surface area contributed by atoms with Crippen molar-refractivity contribution in [3.05, 3.63) is 47.7 Å². The van der Waals surface area contributed by atoms with Gasteiger partial charge in [-0.15, -0.1) is 11.8 Å². The van der Waals surface area contributed by atoms with Crippen LogP contribution >= 0.6 is 11.8 Å². The summed E-state index contributed by atoms with van der Waals surface area (Å²) in [4.78, 5) is 2.30. The molecule has 116 valence electrons. The molecule has 0 saturated carbocycles. The van der Waals surface area contributed by atoms with E-state index in [1.807, 2.05) is 0 Å². The van der Waals surface area contributed by atoms with Gasteiger partial charge in [0, 0.05) is 18.8 Å². The Morgan fingerprint density at radius 2 is 2.09 bits per heavy atom. The van der Waals surface area contributed by atoms with Crippen molar-refractivity contribution in [3.63, 3.8) is 0 Å². The predicted octanol–water partition coefficient (Wildman–Crippen LogP) is 3.51. The van der Waals surface area contributed by atoms with Gasteiger partial charge >= 0.3 is 0 Å². The van der Waals surface area contributed by atoms with Crippen molar-refractivity contribution in [1.29, 1.82) is 0 Å². The quantitative estimate of drug-likeness (QED) is 0.603. The number of nitrogens with zero attached hydrogens (tertiary/aromatic N) is 3. The average molecular weight is 315 g/mol. The van der Waals surface area contributed by atoms with E-state index in [1.54, 1.807) is 11.8 Å². The van der Waals surface area contributed by atoms with Gasteiger partial charge in [-0.2, -0.15) is 0 Å². The van der Waals surface area contributed by atoms with E-state index in [4.69, 9.17) is 4.63 Å². The van der Waals surface area contributed by atoms with Crippen molar-refractivity contribution < 1.29 is 4.63 Å². The Balaban J connectivity index is 1.53.